The standard InChI is InChI=1S/C26H24F3N3O4S/c1-17-6-8-23-21(14-17)25(30-22-15-18(26(27,28)29)7-9-24(22)36-23)31-10-12-32(13-11-31)37(33,34)20-5-3-4-19(16-20)35-2/h3-9,14-16H,10-13H2,1-2H3. The molecule has 3 aromatic carbocycles. The molecule has 3 aromatic rings. The van der Waals surface area contributed by atoms with Crippen molar-refractivity contribution in [2.24, 2.45) is 4.99 Å². The van der Waals surface area contributed by atoms with Crippen LogP contribution in [0.3, 0.4) is 0 Å². The number of aryl methyl sites for hydroxylation is 1. The van der Waals surface area contributed by atoms with E-state index in [-0.39, 0.29) is 29.4 Å². The first kappa shape index (κ1) is 25.1. The summed E-state index contributed by atoms with van der Waals surface area (Å²) in [4.78, 5) is 6.64. The number of nitrogens with zero attached hydrogens (tertiary/aromatic N) is 3. The van der Waals surface area contributed by atoms with Crippen LogP contribution < -0.4 is 9.47 Å². The topological polar surface area (TPSA) is 71.4 Å². The van der Waals surface area contributed by atoms with E-state index in [0.29, 0.717) is 36.0 Å². The number of sulfonamides is 1. The lowest BCUT2D eigenvalue weighted by Crippen LogP contribution is -2.50. The first-order valence-corrected chi connectivity index (χ1v) is 13.0. The molecule has 0 saturated carbocycles. The minimum atomic E-state index is -4.53. The maximum atomic E-state index is 13.4. The summed E-state index contributed by atoms with van der Waals surface area (Å²) in [5.41, 5.74) is 0.796. The highest BCUT2D eigenvalue weighted by Crippen LogP contribution is 2.42. The number of benzene rings is 3. The second kappa shape index (κ2) is 9.38. The van der Waals surface area contributed by atoms with Gasteiger partial charge in [0.2, 0.25) is 10.0 Å². The molecule has 0 spiro atoms. The second-order valence-electron chi connectivity index (χ2n) is 8.79. The van der Waals surface area contributed by atoms with Gasteiger partial charge < -0.3 is 14.4 Å². The Balaban J connectivity index is 1.48. The Morgan fingerprint density at radius 3 is 2.38 bits per heavy atom. The van der Waals surface area contributed by atoms with Crippen LogP contribution in [0.15, 0.2) is 70.6 Å². The van der Waals surface area contributed by atoms with Crippen LogP contribution in [-0.4, -0.2) is 56.7 Å². The minimum Gasteiger partial charge on any atom is -0.497 e. The van der Waals surface area contributed by atoms with Crippen LogP contribution in [0, 0.1) is 6.92 Å². The highest BCUT2D eigenvalue weighted by atomic mass is 32.2. The summed E-state index contributed by atoms with van der Waals surface area (Å²) in [6.45, 7) is 2.84. The van der Waals surface area contributed by atoms with Gasteiger partial charge in [0.15, 0.2) is 5.75 Å². The summed E-state index contributed by atoms with van der Waals surface area (Å²) in [6, 6.07) is 15.0. The van der Waals surface area contributed by atoms with Crippen LogP contribution in [-0.2, 0) is 16.2 Å². The van der Waals surface area contributed by atoms with E-state index in [1.807, 2.05) is 24.0 Å². The molecule has 1 fully saturated rings. The van der Waals surface area contributed by atoms with Gasteiger partial charge in [-0.25, -0.2) is 13.4 Å². The maximum absolute atomic E-state index is 13.4. The van der Waals surface area contributed by atoms with Crippen molar-refractivity contribution in [1.82, 2.24) is 9.21 Å². The number of rotatable bonds is 3. The van der Waals surface area contributed by atoms with E-state index in [1.54, 1.807) is 18.2 Å². The highest BCUT2D eigenvalue weighted by Gasteiger charge is 2.34. The third-order valence-corrected chi connectivity index (χ3v) is 8.22. The van der Waals surface area contributed by atoms with E-state index in [0.717, 1.165) is 17.7 Å². The molecule has 11 heteroatoms. The number of aliphatic imine (C=N–C) groups is 1. The molecule has 2 heterocycles. The second-order valence-corrected chi connectivity index (χ2v) is 10.7. The average molecular weight is 532 g/mol. The molecule has 0 atom stereocenters. The Kier molecular flexibility index (Phi) is 6.36. The molecule has 2 aliphatic rings. The fourth-order valence-electron chi connectivity index (χ4n) is 4.36. The van der Waals surface area contributed by atoms with E-state index >= 15 is 0 Å². The van der Waals surface area contributed by atoms with Gasteiger partial charge in [0.1, 0.15) is 23.0 Å². The van der Waals surface area contributed by atoms with Crippen molar-refractivity contribution in [3.8, 4) is 17.2 Å². The Morgan fingerprint density at radius 2 is 1.68 bits per heavy atom. The van der Waals surface area contributed by atoms with Gasteiger partial charge in [-0.3, -0.25) is 0 Å². The van der Waals surface area contributed by atoms with Gasteiger partial charge in [-0.1, -0.05) is 17.7 Å². The Hall–Kier alpha value is -3.57. The smallest absolute Gasteiger partial charge is 0.416 e. The highest BCUT2D eigenvalue weighted by molar-refractivity contribution is 7.89. The van der Waals surface area contributed by atoms with Gasteiger partial charge in [-0.15, -0.1) is 0 Å². The van der Waals surface area contributed by atoms with Gasteiger partial charge in [-0.2, -0.15) is 17.5 Å². The number of piperazine rings is 1. The Bertz CT molecular complexity index is 1480. The molecule has 0 aromatic heterocycles. The van der Waals surface area contributed by atoms with Crippen LogP contribution in [0.2, 0.25) is 0 Å². The van der Waals surface area contributed by atoms with Crippen molar-refractivity contribution in [2.45, 2.75) is 18.0 Å². The van der Waals surface area contributed by atoms with Gasteiger partial charge >= 0.3 is 6.18 Å². The lowest BCUT2D eigenvalue weighted by molar-refractivity contribution is -0.137. The van der Waals surface area contributed by atoms with Crippen LogP contribution >= 0.6 is 0 Å². The molecule has 0 aliphatic carbocycles. The summed E-state index contributed by atoms with van der Waals surface area (Å²) in [5, 5.41) is 0. The third kappa shape index (κ3) is 4.88. The summed E-state index contributed by atoms with van der Waals surface area (Å²) in [7, 11) is -2.29. The van der Waals surface area contributed by atoms with Crippen LogP contribution in [0.25, 0.3) is 0 Å². The van der Waals surface area contributed by atoms with Crippen molar-refractivity contribution in [2.75, 3.05) is 33.3 Å². The van der Waals surface area contributed by atoms with Crippen molar-refractivity contribution >= 4 is 21.5 Å². The monoisotopic (exact) mass is 531 g/mol. The molecular formula is C26H24F3N3O4S. The summed E-state index contributed by atoms with van der Waals surface area (Å²) in [6.07, 6.45) is -4.53. The number of alkyl halides is 3. The number of fused-ring (bicyclic) bond motifs is 2. The van der Waals surface area contributed by atoms with Crippen molar-refractivity contribution in [3.63, 3.8) is 0 Å². The molecule has 194 valence electrons. The van der Waals surface area contributed by atoms with Crippen LogP contribution in [0.4, 0.5) is 18.9 Å². The maximum Gasteiger partial charge on any atom is 0.416 e. The zero-order chi connectivity index (χ0) is 26.4. The van der Waals surface area contributed by atoms with Crippen molar-refractivity contribution in [3.05, 3.63) is 77.4 Å². The Labute approximate surface area is 212 Å². The predicted molar refractivity (Wildman–Crippen MR) is 132 cm³/mol. The lowest BCUT2D eigenvalue weighted by Gasteiger charge is -2.36. The van der Waals surface area contributed by atoms with E-state index in [4.69, 9.17) is 9.47 Å². The molecule has 0 amide bonds. The number of hydrogen-bond acceptors (Lipinski definition) is 6. The van der Waals surface area contributed by atoms with Gasteiger partial charge in [-0.05, 0) is 49.4 Å². The number of methoxy groups -OCH3 is 1. The molecule has 0 radical (unpaired) electrons. The molecular weight excluding hydrogens is 507 g/mol. The summed E-state index contributed by atoms with van der Waals surface area (Å²) in [5.74, 6) is 1.56. The first-order valence-electron chi connectivity index (χ1n) is 11.5. The molecule has 5 rings (SSSR count). The molecule has 0 bridgehead atoms. The van der Waals surface area contributed by atoms with Crippen LogP contribution in [0.1, 0.15) is 16.7 Å². The van der Waals surface area contributed by atoms with E-state index in [1.165, 1.54) is 29.6 Å². The summed E-state index contributed by atoms with van der Waals surface area (Å²) < 4.78 is 79.2. The zero-order valence-corrected chi connectivity index (χ0v) is 20.9. The first-order chi connectivity index (χ1) is 17.6. The molecule has 7 nitrogen and oxygen atoms in total. The molecule has 0 N–H and O–H groups in total. The van der Waals surface area contributed by atoms with Crippen molar-refractivity contribution in [1.29, 1.82) is 0 Å². The largest absolute Gasteiger partial charge is 0.497 e. The van der Waals surface area contributed by atoms with Gasteiger partial charge in [0.05, 0.1) is 23.1 Å². The predicted octanol–water partition coefficient (Wildman–Crippen LogP) is 5.21. The lowest BCUT2D eigenvalue weighted by atomic mass is 10.1. The average Bonchev–Trinajstić information content (AvgIpc) is 3.04. The number of ether oxygens (including phenoxy) is 2. The molecule has 2 aliphatic heterocycles. The number of hydrogen-bond donors (Lipinski definition) is 0. The fourth-order valence-corrected chi connectivity index (χ4v) is 5.82. The molecule has 1 saturated heterocycles. The van der Waals surface area contributed by atoms with Crippen molar-refractivity contribution < 1.29 is 31.1 Å². The molecule has 37 heavy (non-hydrogen) atoms. The SMILES string of the molecule is COc1cccc(S(=O)(=O)N2CCN(C3=Nc4cc(C(F)(F)F)ccc4Oc4ccc(C)cc43)CC2)c1. The van der Waals surface area contributed by atoms with Gasteiger partial charge in [0, 0.05) is 32.2 Å². The quantitative estimate of drug-likeness (QED) is 0.464. The van der Waals surface area contributed by atoms with E-state index in [2.05, 4.69) is 4.99 Å². The van der Waals surface area contributed by atoms with Crippen LogP contribution in [0.5, 0.6) is 17.2 Å². The summed E-state index contributed by atoms with van der Waals surface area (Å²) >= 11 is 0. The minimum absolute atomic E-state index is 0.0603. The normalized spacial score (nSPS) is 16.2. The zero-order valence-electron chi connectivity index (χ0n) is 20.1. The van der Waals surface area contributed by atoms with E-state index < -0.39 is 21.8 Å². The number of amidine groups is 1. The Morgan fingerprint density at radius 1 is 0.946 bits per heavy atom. The van der Waals surface area contributed by atoms with E-state index in [9.17, 15) is 21.6 Å². The third-order valence-electron chi connectivity index (χ3n) is 6.33. The fraction of sp³-hybridized carbons (Fsp3) is 0.269. The van der Waals surface area contributed by atoms with Gasteiger partial charge in [0.25, 0.3) is 0 Å². The number of halogens is 3. The molecule has 0 unspecified atom stereocenters.